The van der Waals surface area contributed by atoms with Gasteiger partial charge in [-0.3, -0.25) is 4.79 Å². The summed E-state index contributed by atoms with van der Waals surface area (Å²) in [5, 5.41) is 3.26. The molecule has 0 saturated heterocycles. The van der Waals surface area contributed by atoms with Crippen LogP contribution in [0.1, 0.15) is 66.2 Å². The first-order valence-electron chi connectivity index (χ1n) is 8.15. The minimum atomic E-state index is -0.177. The Morgan fingerprint density at radius 3 is 2.10 bits per heavy atom. The van der Waals surface area contributed by atoms with Crippen molar-refractivity contribution in [2.45, 2.75) is 77.0 Å². The highest BCUT2D eigenvalue weighted by Crippen LogP contribution is 2.66. The van der Waals surface area contributed by atoms with Crippen LogP contribution in [0.15, 0.2) is 0 Å². The van der Waals surface area contributed by atoms with Crippen LogP contribution < -0.4 is 5.32 Å². The highest BCUT2D eigenvalue weighted by molar-refractivity contribution is 7.81. The van der Waals surface area contributed by atoms with Gasteiger partial charge in [0.25, 0.3) is 0 Å². The minimum Gasteiger partial charge on any atom is -0.350 e. The molecule has 4 saturated carbocycles. The fraction of sp³-hybridized carbons (Fsp3) is 0.941. The van der Waals surface area contributed by atoms with E-state index in [1.54, 1.807) is 0 Å². The number of hydrogen-bond acceptors (Lipinski definition) is 2. The van der Waals surface area contributed by atoms with Gasteiger partial charge in [-0.2, -0.15) is 12.6 Å². The van der Waals surface area contributed by atoms with Crippen LogP contribution in [0.4, 0.5) is 0 Å². The van der Waals surface area contributed by atoms with Gasteiger partial charge in [-0.25, -0.2) is 0 Å². The summed E-state index contributed by atoms with van der Waals surface area (Å²) < 4.78 is 0. The number of rotatable bonds is 3. The molecule has 1 N–H and O–H groups in total. The van der Waals surface area contributed by atoms with Crippen LogP contribution in [0.3, 0.4) is 0 Å². The molecule has 0 spiro atoms. The smallest absolute Gasteiger partial charge is 0.233 e. The summed E-state index contributed by atoms with van der Waals surface area (Å²) in [6.45, 7) is 9.02. The van der Waals surface area contributed by atoms with Crippen molar-refractivity contribution in [1.29, 1.82) is 0 Å². The van der Waals surface area contributed by atoms with Gasteiger partial charge in [0, 0.05) is 5.54 Å². The molecule has 4 aliphatic rings. The Balaban J connectivity index is 1.81. The van der Waals surface area contributed by atoms with Gasteiger partial charge in [-0.1, -0.05) is 27.7 Å². The van der Waals surface area contributed by atoms with E-state index in [4.69, 9.17) is 0 Å². The molecule has 3 heteroatoms. The first-order chi connectivity index (χ1) is 9.14. The lowest BCUT2D eigenvalue weighted by Crippen LogP contribution is -2.66. The maximum absolute atomic E-state index is 12.5. The molecule has 4 aliphatic carbocycles. The zero-order valence-electron chi connectivity index (χ0n) is 13.3. The zero-order chi connectivity index (χ0) is 14.8. The SMILES string of the molecule is CC(C)C(S)C(=O)NC12CC3CC(C)(CC(C)(C3)C1)C2. The van der Waals surface area contributed by atoms with E-state index < -0.39 is 0 Å². The van der Waals surface area contributed by atoms with Gasteiger partial charge < -0.3 is 5.32 Å². The van der Waals surface area contributed by atoms with E-state index in [-0.39, 0.29) is 16.7 Å². The van der Waals surface area contributed by atoms with E-state index in [9.17, 15) is 4.79 Å². The number of carbonyl (C=O) groups is 1. The third-order valence-corrected chi connectivity index (χ3v) is 6.75. The van der Waals surface area contributed by atoms with Crippen molar-refractivity contribution in [3.63, 3.8) is 0 Å². The molecule has 2 nitrogen and oxygen atoms in total. The first kappa shape index (κ1) is 14.7. The Morgan fingerprint density at radius 2 is 1.65 bits per heavy atom. The average Bonchev–Trinajstić information content (AvgIpc) is 2.21. The molecule has 1 amide bonds. The summed E-state index contributed by atoms with van der Waals surface area (Å²) in [6.07, 6.45) is 7.64. The van der Waals surface area contributed by atoms with Crippen LogP contribution in [-0.4, -0.2) is 16.7 Å². The van der Waals surface area contributed by atoms with Crippen molar-refractivity contribution >= 4 is 18.5 Å². The monoisotopic (exact) mass is 295 g/mol. The largest absolute Gasteiger partial charge is 0.350 e. The summed E-state index contributed by atoms with van der Waals surface area (Å²) in [6, 6.07) is 0. The van der Waals surface area contributed by atoms with Gasteiger partial charge in [0.2, 0.25) is 5.91 Å². The molecule has 4 rings (SSSR count). The molecule has 4 fully saturated rings. The second-order valence-electron chi connectivity index (χ2n) is 9.09. The minimum absolute atomic E-state index is 0.0653. The standard InChI is InChI=1S/C17H29NOS/c1-11(2)13(20)14(19)18-17-7-12-5-15(3,9-17)8-16(4,6-12)10-17/h11-13,20H,5-10H2,1-4H3,(H,18,19). The van der Waals surface area contributed by atoms with Crippen LogP contribution in [0.5, 0.6) is 0 Å². The number of amides is 1. The van der Waals surface area contributed by atoms with Crippen LogP contribution in [-0.2, 0) is 4.79 Å². The first-order valence-corrected chi connectivity index (χ1v) is 8.66. The van der Waals surface area contributed by atoms with E-state index in [0.717, 1.165) is 5.92 Å². The Kier molecular flexibility index (Phi) is 3.25. The zero-order valence-corrected chi connectivity index (χ0v) is 14.2. The molecule has 0 aliphatic heterocycles. The van der Waals surface area contributed by atoms with E-state index in [1.165, 1.54) is 38.5 Å². The third-order valence-electron chi connectivity index (χ3n) is 5.91. The summed E-state index contributed by atoms with van der Waals surface area (Å²) >= 11 is 4.50. The Morgan fingerprint density at radius 1 is 1.10 bits per heavy atom. The molecular formula is C17H29NOS. The molecule has 0 aromatic heterocycles. The molecule has 114 valence electrons. The van der Waals surface area contributed by atoms with Gasteiger partial charge in [0.1, 0.15) is 0 Å². The van der Waals surface area contributed by atoms with Crippen molar-refractivity contribution in [2.24, 2.45) is 22.7 Å². The summed E-state index contributed by atoms with van der Waals surface area (Å²) in [5.74, 6) is 1.26. The molecule has 0 radical (unpaired) electrons. The highest BCUT2D eigenvalue weighted by Gasteiger charge is 2.60. The van der Waals surface area contributed by atoms with Gasteiger partial charge in [-0.05, 0) is 61.2 Å². The summed E-state index contributed by atoms with van der Waals surface area (Å²) in [5.41, 5.74) is 0.965. The number of thiol groups is 1. The quantitative estimate of drug-likeness (QED) is 0.762. The molecule has 4 bridgehead atoms. The van der Waals surface area contributed by atoms with E-state index in [2.05, 4.69) is 45.6 Å². The summed E-state index contributed by atoms with van der Waals surface area (Å²) in [7, 11) is 0. The number of hydrogen-bond donors (Lipinski definition) is 2. The number of nitrogens with one attached hydrogen (secondary N) is 1. The highest BCUT2D eigenvalue weighted by atomic mass is 32.1. The average molecular weight is 295 g/mol. The molecule has 0 heterocycles. The lowest BCUT2D eigenvalue weighted by atomic mass is 9.43. The second-order valence-corrected chi connectivity index (χ2v) is 9.64. The predicted octanol–water partition coefficient (Wildman–Crippen LogP) is 3.81. The van der Waals surface area contributed by atoms with Crippen molar-refractivity contribution in [1.82, 2.24) is 5.32 Å². The number of carbonyl (C=O) groups excluding carboxylic acids is 1. The molecule has 20 heavy (non-hydrogen) atoms. The maximum atomic E-state index is 12.5. The van der Waals surface area contributed by atoms with E-state index >= 15 is 0 Å². The van der Waals surface area contributed by atoms with Crippen LogP contribution >= 0.6 is 12.6 Å². The van der Waals surface area contributed by atoms with Crippen LogP contribution in [0.25, 0.3) is 0 Å². The normalized spacial score (nSPS) is 47.6. The van der Waals surface area contributed by atoms with Crippen molar-refractivity contribution in [3.05, 3.63) is 0 Å². The third kappa shape index (κ3) is 2.40. The molecular weight excluding hydrogens is 266 g/mol. The van der Waals surface area contributed by atoms with Gasteiger partial charge >= 0.3 is 0 Å². The Bertz CT molecular complexity index is 415. The predicted molar refractivity (Wildman–Crippen MR) is 85.9 cm³/mol. The van der Waals surface area contributed by atoms with E-state index in [0.29, 0.717) is 16.7 Å². The van der Waals surface area contributed by atoms with Gasteiger partial charge in [0.15, 0.2) is 0 Å². The van der Waals surface area contributed by atoms with Gasteiger partial charge in [-0.15, -0.1) is 0 Å². The van der Waals surface area contributed by atoms with E-state index in [1.807, 2.05) is 0 Å². The van der Waals surface area contributed by atoms with Gasteiger partial charge in [0.05, 0.1) is 5.25 Å². The second kappa shape index (κ2) is 4.41. The van der Waals surface area contributed by atoms with Crippen LogP contribution in [0.2, 0.25) is 0 Å². The molecule has 0 aromatic carbocycles. The lowest BCUT2D eigenvalue weighted by molar-refractivity contribution is -0.139. The molecule has 3 atom stereocenters. The fourth-order valence-corrected chi connectivity index (χ4v) is 6.29. The lowest BCUT2D eigenvalue weighted by Gasteiger charge is -2.65. The van der Waals surface area contributed by atoms with Crippen molar-refractivity contribution < 1.29 is 4.79 Å². The fourth-order valence-electron chi connectivity index (χ4n) is 6.23. The molecule has 0 aromatic rings. The van der Waals surface area contributed by atoms with Crippen LogP contribution in [0, 0.1) is 22.7 Å². The maximum Gasteiger partial charge on any atom is 0.233 e. The Hall–Kier alpha value is -0.180. The topological polar surface area (TPSA) is 29.1 Å². The molecule has 3 unspecified atom stereocenters. The summed E-state index contributed by atoms with van der Waals surface area (Å²) in [4.78, 5) is 12.5. The van der Waals surface area contributed by atoms with Crippen molar-refractivity contribution in [2.75, 3.05) is 0 Å². The van der Waals surface area contributed by atoms with Crippen molar-refractivity contribution in [3.8, 4) is 0 Å². The Labute approximate surface area is 128 Å².